The molecule has 0 aromatic heterocycles. The molecule has 0 saturated carbocycles. The van der Waals surface area contributed by atoms with Gasteiger partial charge < -0.3 is 9.47 Å². The summed E-state index contributed by atoms with van der Waals surface area (Å²) in [5, 5.41) is 0. The van der Waals surface area contributed by atoms with E-state index in [4.69, 9.17) is 9.47 Å². The molecule has 0 unspecified atom stereocenters. The summed E-state index contributed by atoms with van der Waals surface area (Å²) in [6.45, 7) is 3.15. The van der Waals surface area contributed by atoms with Crippen molar-refractivity contribution in [3.63, 3.8) is 0 Å². The molecule has 15 heavy (non-hydrogen) atoms. The van der Waals surface area contributed by atoms with Crippen molar-refractivity contribution in [1.29, 1.82) is 0 Å². The van der Waals surface area contributed by atoms with Gasteiger partial charge in [-0.25, -0.2) is 0 Å². The van der Waals surface area contributed by atoms with Crippen molar-refractivity contribution in [1.82, 2.24) is 0 Å². The Labute approximate surface area is 89.0 Å². The Bertz CT molecular complexity index is 371. The number of carbonyl (C=O) groups is 1. The Morgan fingerprint density at radius 3 is 3.13 bits per heavy atom. The van der Waals surface area contributed by atoms with Gasteiger partial charge in [0.1, 0.15) is 0 Å². The highest BCUT2D eigenvalue weighted by molar-refractivity contribution is 6.00. The molecule has 1 aliphatic rings. The molecule has 1 heterocycles. The summed E-state index contributed by atoms with van der Waals surface area (Å²) in [6, 6.07) is 5.46. The van der Waals surface area contributed by atoms with Crippen LogP contribution in [-0.4, -0.2) is 19.0 Å². The minimum Gasteiger partial charge on any atom is -0.490 e. The average molecular weight is 206 g/mol. The molecule has 80 valence electrons. The lowest BCUT2D eigenvalue weighted by atomic mass is 10.0. The fourth-order valence-corrected chi connectivity index (χ4v) is 1.59. The smallest absolute Gasteiger partial charge is 0.171 e. The number of Topliss-reactive ketones (excluding diaryl/α,β-unsaturated/α-hetero) is 1. The Morgan fingerprint density at radius 1 is 1.47 bits per heavy atom. The molecule has 0 N–H and O–H groups in total. The molecule has 0 spiro atoms. The van der Waals surface area contributed by atoms with Crippen molar-refractivity contribution in [2.75, 3.05) is 13.2 Å². The summed E-state index contributed by atoms with van der Waals surface area (Å²) < 4.78 is 11.0. The number of hydrogen-bond donors (Lipinski definition) is 0. The summed E-state index contributed by atoms with van der Waals surface area (Å²) in [7, 11) is 0. The van der Waals surface area contributed by atoms with E-state index in [1.807, 2.05) is 19.1 Å². The summed E-state index contributed by atoms with van der Waals surface area (Å²) in [5.41, 5.74) is 0.648. The molecule has 3 heteroatoms. The Kier molecular flexibility index (Phi) is 2.90. The van der Waals surface area contributed by atoms with Crippen LogP contribution in [0.1, 0.15) is 30.1 Å². The first-order valence-corrected chi connectivity index (χ1v) is 5.24. The van der Waals surface area contributed by atoms with Crippen molar-refractivity contribution in [2.45, 2.75) is 19.8 Å². The molecule has 0 atom stereocenters. The largest absolute Gasteiger partial charge is 0.490 e. The predicted octanol–water partition coefficient (Wildman–Crippen LogP) is 2.44. The fraction of sp³-hybridized carbons (Fsp3) is 0.417. The molecule has 0 bridgehead atoms. The van der Waals surface area contributed by atoms with Crippen molar-refractivity contribution < 1.29 is 14.3 Å². The number of ether oxygens (including phenoxy) is 2. The number of rotatable bonds is 3. The Morgan fingerprint density at radius 2 is 2.33 bits per heavy atom. The van der Waals surface area contributed by atoms with Crippen LogP contribution in [0.3, 0.4) is 0 Å². The predicted molar refractivity (Wildman–Crippen MR) is 56.7 cm³/mol. The van der Waals surface area contributed by atoms with Crippen LogP contribution in [0.2, 0.25) is 0 Å². The van der Waals surface area contributed by atoms with Gasteiger partial charge in [-0.2, -0.15) is 0 Å². The van der Waals surface area contributed by atoms with E-state index in [1.165, 1.54) is 0 Å². The van der Waals surface area contributed by atoms with E-state index in [0.717, 1.165) is 6.42 Å². The van der Waals surface area contributed by atoms with Crippen LogP contribution >= 0.6 is 0 Å². The first-order valence-electron chi connectivity index (χ1n) is 5.24. The summed E-state index contributed by atoms with van der Waals surface area (Å²) in [6.07, 6.45) is 1.40. The average Bonchev–Trinajstić information content (AvgIpc) is 2.27. The van der Waals surface area contributed by atoms with Gasteiger partial charge in [0, 0.05) is 6.42 Å². The van der Waals surface area contributed by atoms with E-state index in [0.29, 0.717) is 36.7 Å². The summed E-state index contributed by atoms with van der Waals surface area (Å²) >= 11 is 0. The topological polar surface area (TPSA) is 35.5 Å². The van der Waals surface area contributed by atoms with Crippen molar-refractivity contribution in [3.8, 4) is 11.5 Å². The van der Waals surface area contributed by atoms with Crippen LogP contribution in [0.15, 0.2) is 18.2 Å². The van der Waals surface area contributed by atoms with Crippen LogP contribution in [0.5, 0.6) is 11.5 Å². The lowest BCUT2D eigenvalue weighted by Crippen LogP contribution is -2.16. The zero-order valence-electron chi connectivity index (χ0n) is 8.79. The van der Waals surface area contributed by atoms with E-state index >= 15 is 0 Å². The molecule has 0 fully saturated rings. The van der Waals surface area contributed by atoms with Gasteiger partial charge in [0.15, 0.2) is 17.3 Å². The first-order chi connectivity index (χ1) is 7.33. The van der Waals surface area contributed by atoms with Gasteiger partial charge in [-0.05, 0) is 18.6 Å². The fourth-order valence-electron chi connectivity index (χ4n) is 1.59. The standard InChI is InChI=1S/C12H14O3/c1-2-7-14-11-5-3-4-9-10(13)6-8-15-12(9)11/h3-5H,2,6-8H2,1H3. The molecule has 0 aliphatic carbocycles. The first kappa shape index (κ1) is 10.0. The monoisotopic (exact) mass is 206 g/mol. The lowest BCUT2D eigenvalue weighted by Gasteiger charge is -2.19. The van der Waals surface area contributed by atoms with Gasteiger partial charge in [0.05, 0.1) is 18.8 Å². The zero-order chi connectivity index (χ0) is 10.7. The summed E-state index contributed by atoms with van der Waals surface area (Å²) in [5.74, 6) is 1.43. The van der Waals surface area contributed by atoms with Crippen LogP contribution in [0.4, 0.5) is 0 Å². The number of benzene rings is 1. The second-order valence-electron chi connectivity index (χ2n) is 3.50. The number of hydrogen-bond acceptors (Lipinski definition) is 3. The van der Waals surface area contributed by atoms with Gasteiger partial charge in [0.2, 0.25) is 0 Å². The van der Waals surface area contributed by atoms with Gasteiger partial charge in [-0.3, -0.25) is 4.79 Å². The minimum absolute atomic E-state index is 0.137. The van der Waals surface area contributed by atoms with Gasteiger partial charge in [0.25, 0.3) is 0 Å². The van der Waals surface area contributed by atoms with E-state index in [9.17, 15) is 4.79 Å². The normalized spacial score (nSPS) is 14.3. The van der Waals surface area contributed by atoms with Crippen LogP contribution < -0.4 is 9.47 Å². The van der Waals surface area contributed by atoms with Crippen molar-refractivity contribution >= 4 is 5.78 Å². The van der Waals surface area contributed by atoms with Gasteiger partial charge >= 0.3 is 0 Å². The van der Waals surface area contributed by atoms with E-state index in [-0.39, 0.29) is 5.78 Å². The van der Waals surface area contributed by atoms with Gasteiger partial charge in [-0.1, -0.05) is 13.0 Å². The molecule has 1 aliphatic heterocycles. The number of para-hydroxylation sites is 1. The van der Waals surface area contributed by atoms with Gasteiger partial charge in [-0.15, -0.1) is 0 Å². The maximum Gasteiger partial charge on any atom is 0.171 e. The van der Waals surface area contributed by atoms with E-state index in [2.05, 4.69) is 0 Å². The minimum atomic E-state index is 0.137. The molecular formula is C12H14O3. The maximum atomic E-state index is 11.6. The molecule has 1 aromatic rings. The zero-order valence-corrected chi connectivity index (χ0v) is 8.79. The summed E-state index contributed by atoms with van der Waals surface area (Å²) in [4.78, 5) is 11.6. The third-order valence-electron chi connectivity index (χ3n) is 2.32. The number of ketones is 1. The Hall–Kier alpha value is -1.51. The van der Waals surface area contributed by atoms with Crippen molar-refractivity contribution in [2.24, 2.45) is 0 Å². The van der Waals surface area contributed by atoms with Crippen LogP contribution in [0, 0.1) is 0 Å². The van der Waals surface area contributed by atoms with E-state index < -0.39 is 0 Å². The van der Waals surface area contributed by atoms with E-state index in [1.54, 1.807) is 6.07 Å². The lowest BCUT2D eigenvalue weighted by molar-refractivity contribution is 0.0929. The molecule has 1 aromatic carbocycles. The molecular weight excluding hydrogens is 192 g/mol. The molecule has 3 nitrogen and oxygen atoms in total. The highest BCUT2D eigenvalue weighted by Crippen LogP contribution is 2.34. The molecule has 2 rings (SSSR count). The number of fused-ring (bicyclic) bond motifs is 1. The van der Waals surface area contributed by atoms with Crippen LogP contribution in [0.25, 0.3) is 0 Å². The highest BCUT2D eigenvalue weighted by Gasteiger charge is 2.21. The SMILES string of the molecule is CCCOc1cccc2c1OCCC2=O. The number of carbonyl (C=O) groups excluding carboxylic acids is 1. The third-order valence-corrected chi connectivity index (χ3v) is 2.32. The maximum absolute atomic E-state index is 11.6. The third kappa shape index (κ3) is 1.96. The second kappa shape index (κ2) is 4.34. The highest BCUT2D eigenvalue weighted by atomic mass is 16.5. The van der Waals surface area contributed by atoms with Crippen LogP contribution in [-0.2, 0) is 0 Å². The second-order valence-corrected chi connectivity index (χ2v) is 3.50. The quantitative estimate of drug-likeness (QED) is 0.762. The Balaban J connectivity index is 2.31. The van der Waals surface area contributed by atoms with Crippen molar-refractivity contribution in [3.05, 3.63) is 23.8 Å². The molecule has 0 amide bonds. The molecule has 0 radical (unpaired) electrons. The molecule has 0 saturated heterocycles.